The molecule has 0 radical (unpaired) electrons. The number of amides is 1. The lowest BCUT2D eigenvalue weighted by Crippen LogP contribution is -2.39. The Bertz CT molecular complexity index is 1650. The van der Waals surface area contributed by atoms with Gasteiger partial charge in [-0.25, -0.2) is 13.8 Å². The molecule has 1 amide bonds. The van der Waals surface area contributed by atoms with Crippen LogP contribution in [-0.4, -0.2) is 45.9 Å². The summed E-state index contributed by atoms with van der Waals surface area (Å²) in [5.74, 6) is 0.000489. The number of carbonyl (C=O) groups is 1. The lowest BCUT2D eigenvalue weighted by Gasteiger charge is -2.25. The average molecular weight is 581 g/mol. The second-order valence-electron chi connectivity index (χ2n) is 8.77. The van der Waals surface area contributed by atoms with Gasteiger partial charge in [0.05, 0.1) is 41.7 Å². The summed E-state index contributed by atoms with van der Waals surface area (Å²) in [5, 5.41) is 4.71. The van der Waals surface area contributed by atoms with E-state index < -0.39 is 22.5 Å². The number of anilines is 1. The molecular formula is C29H29ClN4O5S. The van der Waals surface area contributed by atoms with Crippen LogP contribution in [-0.2, 0) is 14.8 Å². The van der Waals surface area contributed by atoms with Crippen molar-refractivity contribution in [3.8, 4) is 17.2 Å². The normalized spacial score (nSPS) is 11.4. The van der Waals surface area contributed by atoms with E-state index in [4.69, 9.17) is 21.1 Å². The summed E-state index contributed by atoms with van der Waals surface area (Å²) >= 11 is 6.40. The van der Waals surface area contributed by atoms with Gasteiger partial charge in [0.15, 0.2) is 0 Å². The highest BCUT2D eigenvalue weighted by molar-refractivity contribution is 7.92. The fourth-order valence-corrected chi connectivity index (χ4v) is 5.94. The van der Waals surface area contributed by atoms with Crippen LogP contribution >= 0.6 is 11.6 Å². The highest BCUT2D eigenvalue weighted by atomic mass is 35.5. The topological polar surface area (TPSA) is 102 Å². The molecule has 0 aliphatic carbocycles. The number of hydrogen-bond acceptors (Lipinski definition) is 6. The van der Waals surface area contributed by atoms with Crippen molar-refractivity contribution in [3.63, 3.8) is 0 Å². The van der Waals surface area contributed by atoms with Gasteiger partial charge in [-0.1, -0.05) is 41.9 Å². The fourth-order valence-electron chi connectivity index (χ4n) is 4.27. The van der Waals surface area contributed by atoms with Crippen molar-refractivity contribution >= 4 is 39.4 Å². The standard InChI is InChI=1S/C29H29ClN4O5S/c1-20-16-22(21(2)34(20)26-13-9-8-12-25(26)30)18-31-32-29(35)19-33(40(36,37)24-10-6-5-7-11-24)27-17-23(38-3)14-15-28(27)39-4/h5-18H,19H2,1-4H3,(H,32,35)/b31-18+. The van der Waals surface area contributed by atoms with Crippen LogP contribution in [0.15, 0.2) is 88.9 Å². The molecule has 4 aromatic rings. The molecule has 0 saturated carbocycles. The molecule has 208 valence electrons. The van der Waals surface area contributed by atoms with Gasteiger partial charge in [-0.15, -0.1) is 0 Å². The summed E-state index contributed by atoms with van der Waals surface area (Å²) in [6.07, 6.45) is 1.51. The highest BCUT2D eigenvalue weighted by Gasteiger charge is 2.30. The quantitative estimate of drug-likeness (QED) is 0.207. The molecule has 11 heteroatoms. The maximum absolute atomic E-state index is 13.7. The third-order valence-corrected chi connectivity index (χ3v) is 8.32. The first-order valence-electron chi connectivity index (χ1n) is 12.2. The Balaban J connectivity index is 1.62. The fraction of sp³-hybridized carbons (Fsp3) is 0.172. The largest absolute Gasteiger partial charge is 0.497 e. The van der Waals surface area contributed by atoms with E-state index in [-0.39, 0.29) is 16.3 Å². The van der Waals surface area contributed by atoms with Gasteiger partial charge in [0, 0.05) is 23.0 Å². The third-order valence-electron chi connectivity index (χ3n) is 6.23. The van der Waals surface area contributed by atoms with Crippen LogP contribution in [0.25, 0.3) is 5.69 Å². The Kier molecular flexibility index (Phi) is 8.81. The number of aryl methyl sites for hydroxylation is 1. The first kappa shape index (κ1) is 28.7. The number of hydrazone groups is 1. The molecule has 4 rings (SSSR count). The van der Waals surface area contributed by atoms with E-state index in [0.717, 1.165) is 26.9 Å². The number of methoxy groups -OCH3 is 2. The summed E-state index contributed by atoms with van der Waals surface area (Å²) in [5.41, 5.74) is 5.99. The van der Waals surface area contributed by atoms with Crippen LogP contribution < -0.4 is 19.2 Å². The number of sulfonamides is 1. The van der Waals surface area contributed by atoms with E-state index >= 15 is 0 Å². The van der Waals surface area contributed by atoms with Crippen LogP contribution in [0.4, 0.5) is 5.69 Å². The van der Waals surface area contributed by atoms with Crippen LogP contribution in [0.5, 0.6) is 11.5 Å². The Labute approximate surface area is 238 Å². The zero-order chi connectivity index (χ0) is 28.9. The number of hydrogen-bond donors (Lipinski definition) is 1. The monoisotopic (exact) mass is 580 g/mol. The van der Waals surface area contributed by atoms with Crippen LogP contribution in [0, 0.1) is 13.8 Å². The highest BCUT2D eigenvalue weighted by Crippen LogP contribution is 2.35. The average Bonchev–Trinajstić information content (AvgIpc) is 3.24. The van der Waals surface area contributed by atoms with Gasteiger partial charge < -0.3 is 14.0 Å². The first-order valence-corrected chi connectivity index (χ1v) is 14.0. The molecule has 0 unspecified atom stereocenters. The van der Waals surface area contributed by atoms with Crippen LogP contribution in [0.3, 0.4) is 0 Å². The van der Waals surface area contributed by atoms with Crippen LogP contribution in [0.2, 0.25) is 5.02 Å². The zero-order valence-electron chi connectivity index (χ0n) is 22.5. The van der Waals surface area contributed by atoms with E-state index in [9.17, 15) is 13.2 Å². The number of para-hydroxylation sites is 1. The van der Waals surface area contributed by atoms with E-state index in [0.29, 0.717) is 10.8 Å². The number of halogens is 1. The summed E-state index contributed by atoms with van der Waals surface area (Å²) < 4.78 is 41.0. The molecule has 3 aromatic carbocycles. The predicted octanol–water partition coefficient (Wildman–Crippen LogP) is 5.11. The first-order chi connectivity index (χ1) is 19.2. The van der Waals surface area contributed by atoms with Crippen molar-refractivity contribution < 1.29 is 22.7 Å². The van der Waals surface area contributed by atoms with E-state index in [1.807, 2.05) is 48.7 Å². The van der Waals surface area contributed by atoms with E-state index in [1.165, 1.54) is 38.6 Å². The number of rotatable bonds is 10. The molecular weight excluding hydrogens is 552 g/mol. The summed E-state index contributed by atoms with van der Waals surface area (Å²) in [4.78, 5) is 13.1. The van der Waals surface area contributed by atoms with E-state index in [1.54, 1.807) is 30.3 Å². The van der Waals surface area contributed by atoms with Crippen LogP contribution in [0.1, 0.15) is 17.0 Å². The molecule has 1 heterocycles. The third kappa shape index (κ3) is 5.98. The van der Waals surface area contributed by atoms with Gasteiger partial charge in [-0.3, -0.25) is 9.10 Å². The smallest absolute Gasteiger partial charge is 0.264 e. The Morgan fingerprint density at radius 1 is 1.00 bits per heavy atom. The molecule has 1 aromatic heterocycles. The Morgan fingerprint density at radius 3 is 2.38 bits per heavy atom. The second kappa shape index (κ2) is 12.3. The summed E-state index contributed by atoms with van der Waals surface area (Å²) in [6, 6.07) is 22.0. The van der Waals surface area contributed by atoms with Gasteiger partial charge >= 0.3 is 0 Å². The minimum absolute atomic E-state index is 0.0168. The predicted molar refractivity (Wildman–Crippen MR) is 157 cm³/mol. The maximum atomic E-state index is 13.7. The number of nitrogens with zero attached hydrogens (tertiary/aromatic N) is 3. The summed E-state index contributed by atoms with van der Waals surface area (Å²) in [6.45, 7) is 3.31. The molecule has 1 N–H and O–H groups in total. The lowest BCUT2D eigenvalue weighted by atomic mass is 10.2. The summed E-state index contributed by atoms with van der Waals surface area (Å²) in [7, 11) is -1.28. The molecule has 0 fully saturated rings. The number of aromatic nitrogens is 1. The molecule has 9 nitrogen and oxygen atoms in total. The molecule has 0 saturated heterocycles. The van der Waals surface area contributed by atoms with Gasteiger partial charge in [-0.05, 0) is 56.3 Å². The minimum atomic E-state index is -4.16. The van der Waals surface area contributed by atoms with Crippen molar-refractivity contribution in [2.75, 3.05) is 25.1 Å². The minimum Gasteiger partial charge on any atom is -0.497 e. The molecule has 0 bridgehead atoms. The maximum Gasteiger partial charge on any atom is 0.264 e. The molecule has 0 atom stereocenters. The number of nitrogens with one attached hydrogen (secondary N) is 1. The molecule has 0 aliphatic rings. The van der Waals surface area contributed by atoms with Crippen molar-refractivity contribution in [2.24, 2.45) is 5.10 Å². The van der Waals surface area contributed by atoms with Crippen molar-refractivity contribution in [1.29, 1.82) is 0 Å². The second-order valence-corrected chi connectivity index (χ2v) is 11.0. The molecule has 40 heavy (non-hydrogen) atoms. The Hall–Kier alpha value is -4.28. The molecule has 0 aliphatic heterocycles. The van der Waals surface area contributed by atoms with E-state index in [2.05, 4.69) is 10.5 Å². The number of carbonyl (C=O) groups excluding carboxylic acids is 1. The number of benzene rings is 3. The SMILES string of the molecule is COc1ccc(OC)c(N(CC(=O)N/N=C/c2cc(C)n(-c3ccccc3Cl)c2C)S(=O)(=O)c2ccccc2)c1. The zero-order valence-corrected chi connectivity index (χ0v) is 24.0. The van der Waals surface area contributed by atoms with Crippen molar-refractivity contribution in [3.05, 3.63) is 101 Å². The van der Waals surface area contributed by atoms with Gasteiger partial charge in [0.2, 0.25) is 0 Å². The van der Waals surface area contributed by atoms with Gasteiger partial charge in [0.1, 0.15) is 18.0 Å². The molecule has 0 spiro atoms. The number of ether oxygens (including phenoxy) is 2. The van der Waals surface area contributed by atoms with Crippen molar-refractivity contribution in [1.82, 2.24) is 9.99 Å². The van der Waals surface area contributed by atoms with Gasteiger partial charge in [0.25, 0.3) is 15.9 Å². The van der Waals surface area contributed by atoms with Gasteiger partial charge in [-0.2, -0.15) is 5.10 Å². The lowest BCUT2D eigenvalue weighted by molar-refractivity contribution is -0.119. The Morgan fingerprint density at radius 2 is 1.70 bits per heavy atom. The van der Waals surface area contributed by atoms with Crippen molar-refractivity contribution in [2.45, 2.75) is 18.7 Å².